The first-order valence-electron chi connectivity index (χ1n) is 12.7. The van der Waals surface area contributed by atoms with Crippen molar-refractivity contribution in [2.45, 2.75) is 57.3 Å². The second kappa shape index (κ2) is 11.3. The van der Waals surface area contributed by atoms with Gasteiger partial charge in [0.05, 0.1) is 18.9 Å². The average molecular weight is 502 g/mol. The van der Waals surface area contributed by atoms with Crippen LogP contribution in [0.1, 0.15) is 49.5 Å². The van der Waals surface area contributed by atoms with Crippen molar-refractivity contribution in [2.24, 2.45) is 0 Å². The van der Waals surface area contributed by atoms with E-state index in [0.29, 0.717) is 17.0 Å². The molecule has 2 aromatic carbocycles. The smallest absolute Gasteiger partial charge is 0.250 e. The Balaban J connectivity index is 1.47. The van der Waals surface area contributed by atoms with Crippen molar-refractivity contribution >= 4 is 22.8 Å². The zero-order valence-corrected chi connectivity index (χ0v) is 20.9. The van der Waals surface area contributed by atoms with Gasteiger partial charge in [-0.2, -0.15) is 0 Å². The summed E-state index contributed by atoms with van der Waals surface area (Å²) in [7, 11) is 1.61. The quantitative estimate of drug-likeness (QED) is 0.368. The molecule has 0 bridgehead atoms. The highest BCUT2D eigenvalue weighted by Gasteiger charge is 2.35. The summed E-state index contributed by atoms with van der Waals surface area (Å²) in [5, 5.41) is 11.5. The van der Waals surface area contributed by atoms with E-state index in [-0.39, 0.29) is 30.9 Å². The minimum Gasteiger partial charge on any atom is -0.497 e. The van der Waals surface area contributed by atoms with Crippen LogP contribution in [0.5, 0.6) is 5.75 Å². The Morgan fingerprint density at radius 1 is 1.08 bits per heavy atom. The van der Waals surface area contributed by atoms with Gasteiger partial charge in [-0.3, -0.25) is 9.59 Å². The zero-order valence-electron chi connectivity index (χ0n) is 20.9. The second-order valence-electron chi connectivity index (χ2n) is 9.37. The van der Waals surface area contributed by atoms with Gasteiger partial charge in [0.15, 0.2) is 6.04 Å². The molecule has 1 fully saturated rings. The molecule has 37 heavy (non-hydrogen) atoms. The predicted molar refractivity (Wildman–Crippen MR) is 138 cm³/mol. The van der Waals surface area contributed by atoms with Gasteiger partial charge in [0.1, 0.15) is 23.6 Å². The van der Waals surface area contributed by atoms with Crippen molar-refractivity contribution in [3.05, 3.63) is 78.3 Å². The molecule has 192 valence electrons. The molecule has 1 N–H and O–H groups in total. The Morgan fingerprint density at radius 3 is 2.59 bits per heavy atom. The largest absolute Gasteiger partial charge is 0.497 e. The third kappa shape index (κ3) is 5.66. The molecule has 0 spiro atoms. The Morgan fingerprint density at radius 2 is 1.86 bits per heavy atom. The number of hydrogen-bond acceptors (Lipinski definition) is 6. The summed E-state index contributed by atoms with van der Waals surface area (Å²) in [4.78, 5) is 29.2. The lowest BCUT2D eigenvalue weighted by molar-refractivity contribution is -0.143. The molecular formula is C28H31N5O4. The van der Waals surface area contributed by atoms with Gasteiger partial charge in [-0.05, 0) is 54.8 Å². The highest BCUT2D eigenvalue weighted by atomic mass is 16.5. The number of benzene rings is 2. The van der Waals surface area contributed by atoms with Gasteiger partial charge in [-0.25, -0.2) is 4.68 Å². The monoisotopic (exact) mass is 501 g/mol. The molecule has 0 saturated heterocycles. The molecule has 2 aromatic heterocycles. The lowest BCUT2D eigenvalue weighted by Crippen LogP contribution is -2.47. The molecule has 0 aliphatic heterocycles. The second-order valence-corrected chi connectivity index (χ2v) is 9.37. The summed E-state index contributed by atoms with van der Waals surface area (Å²) in [5.41, 5.74) is 2.32. The van der Waals surface area contributed by atoms with E-state index in [0.717, 1.165) is 36.8 Å². The van der Waals surface area contributed by atoms with Crippen molar-refractivity contribution in [3.8, 4) is 5.75 Å². The van der Waals surface area contributed by atoms with Crippen molar-refractivity contribution in [1.82, 2.24) is 25.2 Å². The number of aromatic nitrogens is 3. The summed E-state index contributed by atoms with van der Waals surface area (Å²) in [6.07, 6.45) is 6.76. The zero-order chi connectivity index (χ0) is 25.6. The summed E-state index contributed by atoms with van der Waals surface area (Å²) >= 11 is 0. The molecule has 9 nitrogen and oxygen atoms in total. The number of carbonyl (C=O) groups is 2. The minimum absolute atomic E-state index is 0.0649. The number of hydrogen-bond donors (Lipinski definition) is 1. The molecule has 5 rings (SSSR count). The van der Waals surface area contributed by atoms with E-state index in [1.54, 1.807) is 28.8 Å². The van der Waals surface area contributed by atoms with E-state index in [1.165, 1.54) is 12.7 Å². The fraction of sp³-hybridized carbons (Fsp3) is 0.357. The predicted octanol–water partition coefficient (Wildman–Crippen LogP) is 4.25. The molecule has 0 radical (unpaired) electrons. The third-order valence-electron chi connectivity index (χ3n) is 6.86. The molecule has 1 aliphatic rings. The van der Waals surface area contributed by atoms with E-state index in [2.05, 4.69) is 15.6 Å². The number of methoxy groups -OCH3 is 1. The molecular weight excluding hydrogens is 470 g/mol. The number of rotatable bonds is 9. The van der Waals surface area contributed by atoms with Crippen molar-refractivity contribution in [3.63, 3.8) is 0 Å². The van der Waals surface area contributed by atoms with E-state index in [4.69, 9.17) is 9.15 Å². The highest BCUT2D eigenvalue weighted by Crippen LogP contribution is 2.27. The molecule has 1 atom stereocenters. The average Bonchev–Trinajstić information content (AvgIpc) is 3.60. The van der Waals surface area contributed by atoms with E-state index < -0.39 is 6.04 Å². The van der Waals surface area contributed by atoms with E-state index >= 15 is 0 Å². The van der Waals surface area contributed by atoms with Crippen LogP contribution in [0.25, 0.3) is 11.0 Å². The van der Waals surface area contributed by atoms with Gasteiger partial charge in [-0.15, -0.1) is 5.10 Å². The maximum absolute atomic E-state index is 13.9. The molecule has 0 unspecified atom stereocenters. The van der Waals surface area contributed by atoms with E-state index in [9.17, 15) is 9.59 Å². The van der Waals surface area contributed by atoms with Crippen molar-refractivity contribution in [2.75, 3.05) is 7.11 Å². The molecule has 1 aliphatic carbocycles. The first kappa shape index (κ1) is 24.5. The van der Waals surface area contributed by atoms with Gasteiger partial charge in [0, 0.05) is 12.6 Å². The Kier molecular flexibility index (Phi) is 7.49. The number of carbonyl (C=O) groups excluding carboxylic acids is 2. The Bertz CT molecular complexity index is 1330. The SMILES string of the molecule is COc1ccc(CN(C(=O)Cn2nnc3ccccc32)[C@H](C(=O)NC2CCCCC2)c2ccco2)cc1. The fourth-order valence-electron chi connectivity index (χ4n) is 4.90. The summed E-state index contributed by atoms with van der Waals surface area (Å²) in [6.45, 7) is 0.142. The van der Waals surface area contributed by atoms with Gasteiger partial charge in [0.2, 0.25) is 5.91 Å². The first-order valence-corrected chi connectivity index (χ1v) is 12.7. The first-order chi connectivity index (χ1) is 18.1. The lowest BCUT2D eigenvalue weighted by atomic mass is 9.95. The molecule has 2 amide bonds. The number of ether oxygens (including phenoxy) is 1. The van der Waals surface area contributed by atoms with Crippen LogP contribution in [0.2, 0.25) is 0 Å². The maximum Gasteiger partial charge on any atom is 0.250 e. The summed E-state index contributed by atoms with van der Waals surface area (Å²) in [6, 6.07) is 17.6. The maximum atomic E-state index is 13.9. The number of amides is 2. The van der Waals surface area contributed by atoms with Gasteiger partial charge >= 0.3 is 0 Å². The van der Waals surface area contributed by atoms with Crippen LogP contribution in [-0.2, 0) is 22.7 Å². The number of fused-ring (bicyclic) bond motifs is 1. The number of nitrogens with zero attached hydrogens (tertiary/aromatic N) is 4. The topological polar surface area (TPSA) is 102 Å². The minimum atomic E-state index is -0.929. The number of furan rings is 1. The van der Waals surface area contributed by atoms with Crippen LogP contribution in [0.4, 0.5) is 0 Å². The van der Waals surface area contributed by atoms with Crippen LogP contribution in [0.3, 0.4) is 0 Å². The number of para-hydroxylation sites is 1. The normalized spacial score (nSPS) is 14.8. The van der Waals surface area contributed by atoms with Crippen LogP contribution in [0.15, 0.2) is 71.3 Å². The number of nitrogens with one attached hydrogen (secondary N) is 1. The van der Waals surface area contributed by atoms with E-state index in [1.807, 2.05) is 48.5 Å². The standard InChI is InChI=1S/C28H31N5O4/c1-36-22-15-13-20(14-16-22)18-32(26(34)19-33-24-11-6-5-10-23(24)30-31-33)27(25-12-7-17-37-25)28(35)29-21-8-3-2-4-9-21/h5-7,10-17,21,27H,2-4,8-9,18-19H2,1H3,(H,29,35)/t27-/m0/s1. The molecule has 4 aromatic rings. The molecule has 2 heterocycles. The van der Waals surface area contributed by atoms with Gasteiger partial charge in [-0.1, -0.05) is 48.7 Å². The van der Waals surface area contributed by atoms with Gasteiger partial charge < -0.3 is 19.4 Å². The van der Waals surface area contributed by atoms with Crippen LogP contribution >= 0.6 is 0 Å². The van der Waals surface area contributed by atoms with Crippen molar-refractivity contribution < 1.29 is 18.7 Å². The van der Waals surface area contributed by atoms with Crippen LogP contribution in [-0.4, -0.2) is 44.9 Å². The van der Waals surface area contributed by atoms with Crippen molar-refractivity contribution in [1.29, 1.82) is 0 Å². The Labute approximate surface area is 215 Å². The Hall–Kier alpha value is -4.14. The highest BCUT2D eigenvalue weighted by molar-refractivity contribution is 5.89. The van der Waals surface area contributed by atoms with Gasteiger partial charge in [0.25, 0.3) is 5.91 Å². The summed E-state index contributed by atoms with van der Waals surface area (Å²) < 4.78 is 12.6. The van der Waals surface area contributed by atoms with Crippen LogP contribution in [0, 0.1) is 0 Å². The van der Waals surface area contributed by atoms with Crippen LogP contribution < -0.4 is 10.1 Å². The lowest BCUT2D eigenvalue weighted by Gasteiger charge is -2.32. The summed E-state index contributed by atoms with van der Waals surface area (Å²) in [5.74, 6) is 0.616. The molecule has 1 saturated carbocycles. The molecule has 9 heteroatoms. The third-order valence-corrected chi connectivity index (χ3v) is 6.86. The fourth-order valence-corrected chi connectivity index (χ4v) is 4.90.